The molecule has 0 fully saturated rings. The van der Waals surface area contributed by atoms with Crippen LogP contribution in [0, 0.1) is 23.7 Å². The molecule has 1 aliphatic heterocycles. The van der Waals surface area contributed by atoms with Crippen LogP contribution in [-0.4, -0.2) is 103 Å². The summed E-state index contributed by atoms with van der Waals surface area (Å²) >= 11 is 0. The number of nitrogens with one attached hydrogen (secondary N) is 5. The molecule has 0 spiro atoms. The fourth-order valence-corrected chi connectivity index (χ4v) is 4.40. The van der Waals surface area contributed by atoms with Crippen molar-refractivity contribution in [3.05, 3.63) is 12.2 Å². The molecule has 18 nitrogen and oxygen atoms in total. The van der Waals surface area contributed by atoms with Crippen molar-refractivity contribution in [3.8, 4) is 0 Å². The van der Waals surface area contributed by atoms with Crippen molar-refractivity contribution in [1.29, 1.82) is 0 Å². The molecule has 0 bridgehead atoms. The van der Waals surface area contributed by atoms with Crippen molar-refractivity contribution in [2.45, 2.75) is 97.6 Å². The Kier molecular flexibility index (Phi) is 20.4. The molecule has 280 valence electrons. The number of carboxylic acid groups (broad SMARTS) is 1. The van der Waals surface area contributed by atoms with Crippen LogP contribution in [0.2, 0.25) is 0 Å². The van der Waals surface area contributed by atoms with Gasteiger partial charge in [-0.1, -0.05) is 53.7 Å². The quantitative estimate of drug-likeness (QED) is 0.0866. The maximum Gasteiger partial charge on any atom is 0.326 e. The molecule has 0 aromatic heterocycles. The van der Waals surface area contributed by atoms with Crippen LogP contribution in [-0.2, 0) is 33.5 Å². The average molecular weight is 700 g/mol. The van der Waals surface area contributed by atoms with E-state index in [1.807, 2.05) is 13.8 Å². The van der Waals surface area contributed by atoms with Crippen molar-refractivity contribution >= 4 is 41.5 Å². The summed E-state index contributed by atoms with van der Waals surface area (Å²) in [4.78, 5) is 84.8. The third-order valence-corrected chi connectivity index (χ3v) is 7.61. The third kappa shape index (κ3) is 17.1. The van der Waals surface area contributed by atoms with Crippen molar-refractivity contribution in [2.24, 2.45) is 46.6 Å². The molecule has 0 saturated heterocycles. The van der Waals surface area contributed by atoms with E-state index in [2.05, 4.69) is 32.3 Å². The van der Waals surface area contributed by atoms with Gasteiger partial charge in [0.05, 0.1) is 25.2 Å². The first-order chi connectivity index (χ1) is 22.7. The maximum absolute atomic E-state index is 13.5. The van der Waals surface area contributed by atoms with E-state index >= 15 is 0 Å². The first kappa shape index (κ1) is 44.7. The largest absolute Gasteiger partial charge is 0.480 e. The molecule has 1 rings (SSSR count). The molecule has 14 N–H and O–H groups in total. The molecular formula is C31H57N9O9. The van der Waals surface area contributed by atoms with E-state index in [-0.39, 0.29) is 37.9 Å². The Hall–Kier alpha value is -4.29. The summed E-state index contributed by atoms with van der Waals surface area (Å²) < 4.78 is 5.72. The van der Waals surface area contributed by atoms with Crippen molar-refractivity contribution in [1.82, 2.24) is 26.6 Å². The Bertz CT molecular complexity index is 1160. The molecule has 0 radical (unpaired) electrons. The highest BCUT2D eigenvalue weighted by Crippen LogP contribution is 2.17. The van der Waals surface area contributed by atoms with Crippen LogP contribution in [0.3, 0.4) is 0 Å². The number of primary amides is 2. The Balaban J connectivity index is 0.00000427. The van der Waals surface area contributed by atoms with Gasteiger partial charge in [-0.15, -0.1) is 0 Å². The second kappa shape index (κ2) is 22.4. The minimum absolute atomic E-state index is 0.0556. The van der Waals surface area contributed by atoms with Crippen LogP contribution in [0.5, 0.6) is 0 Å². The van der Waals surface area contributed by atoms with Crippen LogP contribution < -0.4 is 49.5 Å². The van der Waals surface area contributed by atoms with Crippen LogP contribution in [0.4, 0.5) is 4.79 Å². The molecule has 0 aromatic rings. The predicted molar refractivity (Wildman–Crippen MR) is 181 cm³/mol. The maximum atomic E-state index is 13.5. The first-order valence-corrected chi connectivity index (χ1v) is 16.2. The van der Waals surface area contributed by atoms with Crippen molar-refractivity contribution in [2.75, 3.05) is 19.7 Å². The molecule has 1 aliphatic rings. The highest BCUT2D eigenvalue weighted by molar-refractivity contribution is 5.93. The molecule has 18 heteroatoms. The summed E-state index contributed by atoms with van der Waals surface area (Å²) in [7, 11) is 0. The van der Waals surface area contributed by atoms with E-state index in [1.165, 1.54) is 6.08 Å². The molecular weight excluding hydrogens is 642 g/mol. The Morgan fingerprint density at radius 1 is 0.959 bits per heavy atom. The summed E-state index contributed by atoms with van der Waals surface area (Å²) in [5.41, 5.74) is 20.2. The first-order valence-electron chi connectivity index (χ1n) is 16.2. The van der Waals surface area contributed by atoms with Crippen LogP contribution in [0.1, 0.15) is 61.3 Å². The Labute approximate surface area is 287 Å². The van der Waals surface area contributed by atoms with Crippen molar-refractivity contribution < 1.29 is 43.4 Å². The van der Waals surface area contributed by atoms with E-state index in [0.717, 1.165) is 0 Å². The van der Waals surface area contributed by atoms with E-state index in [4.69, 9.17) is 21.9 Å². The van der Waals surface area contributed by atoms with Gasteiger partial charge in [-0.2, -0.15) is 0 Å². The van der Waals surface area contributed by atoms with Crippen LogP contribution >= 0.6 is 0 Å². The number of rotatable bonds is 14. The van der Waals surface area contributed by atoms with Gasteiger partial charge in [-0.25, -0.2) is 9.59 Å². The molecule has 1 heterocycles. The van der Waals surface area contributed by atoms with Gasteiger partial charge in [0, 0.05) is 12.6 Å². The minimum atomic E-state index is -1.20. The van der Waals surface area contributed by atoms with Gasteiger partial charge in [0.15, 0.2) is 0 Å². The summed E-state index contributed by atoms with van der Waals surface area (Å²) in [6.07, 6.45) is 3.00. The SMILES string of the molecule is CC(OCC1C[C@H](C(C)C)NC(=O)[C@@H](NC(=O)[C@H](NC(=O)N[C@H](C(=O)O)C(C)C)C(C)C)/C=C/CCNC1=O)C(N)C(N)=O.NCC(N)=O. The predicted octanol–water partition coefficient (Wildman–Crippen LogP) is -2.22. The lowest BCUT2D eigenvalue weighted by Gasteiger charge is -2.30. The zero-order chi connectivity index (χ0) is 38.0. The van der Waals surface area contributed by atoms with Gasteiger partial charge in [0.1, 0.15) is 24.2 Å². The molecule has 7 atom stereocenters. The number of carbonyl (C=O) groups is 7. The Morgan fingerprint density at radius 3 is 1.98 bits per heavy atom. The van der Waals surface area contributed by atoms with Gasteiger partial charge >= 0.3 is 12.0 Å². The number of nitrogens with two attached hydrogens (primary N) is 4. The summed E-state index contributed by atoms with van der Waals surface area (Å²) in [5, 5.41) is 22.7. The monoisotopic (exact) mass is 699 g/mol. The number of carbonyl (C=O) groups excluding carboxylic acids is 6. The number of aliphatic carboxylic acids is 1. The molecule has 7 amide bonds. The number of hydrogen-bond acceptors (Lipinski definition) is 10. The average Bonchev–Trinajstić information content (AvgIpc) is 3.01. The lowest BCUT2D eigenvalue weighted by Crippen LogP contribution is -2.59. The van der Waals surface area contributed by atoms with Crippen LogP contribution in [0.15, 0.2) is 12.2 Å². The molecule has 0 aromatic carbocycles. The molecule has 0 saturated carbocycles. The highest BCUT2D eigenvalue weighted by Gasteiger charge is 2.33. The van der Waals surface area contributed by atoms with Crippen molar-refractivity contribution in [3.63, 3.8) is 0 Å². The summed E-state index contributed by atoms with van der Waals surface area (Å²) in [6, 6.07) is -5.71. The summed E-state index contributed by atoms with van der Waals surface area (Å²) in [5.74, 6) is -5.43. The number of ether oxygens (including phenoxy) is 1. The van der Waals surface area contributed by atoms with Gasteiger partial charge in [0.2, 0.25) is 29.5 Å². The standard InChI is InChI=1S/C29H51N7O8.C2H6N2O/c1-14(2)20-12-18(13-44-17(7)21(30)24(31)37)25(38)32-11-9-8-10-19(26(39)34-20)33-27(40)22(15(3)4)35-29(43)36-23(16(5)6)28(41)42;3-1-2(4)5/h8,10,14-23H,9,11-13,30H2,1-7H3,(H2,31,37)(H,32,38)(H,33,40)(H,34,39)(H,41,42)(H2,35,36,43);1,3H2,(H2,4,5)/b10-8+;/t17?,18?,19-,20+,21?,22+,23-;/m0./s1. The van der Waals surface area contributed by atoms with E-state index < -0.39 is 89.7 Å². The topological polar surface area (TPSA) is 313 Å². The zero-order valence-electron chi connectivity index (χ0n) is 29.5. The van der Waals surface area contributed by atoms with E-state index in [1.54, 1.807) is 40.7 Å². The highest BCUT2D eigenvalue weighted by atomic mass is 16.5. The third-order valence-electron chi connectivity index (χ3n) is 7.61. The van der Waals surface area contributed by atoms with E-state index in [9.17, 15) is 38.7 Å². The lowest BCUT2D eigenvalue weighted by atomic mass is 9.91. The number of amides is 7. The summed E-state index contributed by atoms with van der Waals surface area (Å²) in [6.45, 7) is 12.2. The second-order valence-electron chi connectivity index (χ2n) is 12.8. The zero-order valence-corrected chi connectivity index (χ0v) is 29.5. The van der Waals surface area contributed by atoms with Gasteiger partial charge in [0.25, 0.3) is 0 Å². The Morgan fingerprint density at radius 2 is 1.51 bits per heavy atom. The van der Waals surface area contributed by atoms with Gasteiger partial charge in [-0.3, -0.25) is 24.0 Å². The normalized spacial score (nSPS) is 21.6. The fourth-order valence-electron chi connectivity index (χ4n) is 4.40. The van der Waals surface area contributed by atoms with Gasteiger partial charge in [-0.05, 0) is 37.5 Å². The lowest BCUT2D eigenvalue weighted by molar-refractivity contribution is -0.140. The number of urea groups is 1. The number of carboxylic acids is 1. The smallest absolute Gasteiger partial charge is 0.326 e. The minimum Gasteiger partial charge on any atom is -0.480 e. The fraction of sp³-hybridized carbons (Fsp3) is 0.710. The van der Waals surface area contributed by atoms with Crippen LogP contribution in [0.25, 0.3) is 0 Å². The molecule has 49 heavy (non-hydrogen) atoms. The molecule has 3 unspecified atom stereocenters. The second-order valence-corrected chi connectivity index (χ2v) is 12.8. The van der Waals surface area contributed by atoms with E-state index in [0.29, 0.717) is 6.42 Å². The van der Waals surface area contributed by atoms with Gasteiger partial charge < -0.3 is 59.4 Å². The molecule has 0 aliphatic carbocycles. The number of hydrogen-bond donors (Lipinski definition) is 10.